The molecule has 0 fully saturated rings. The highest BCUT2D eigenvalue weighted by Gasteiger charge is 2.21. The van der Waals surface area contributed by atoms with E-state index in [1.54, 1.807) is 30.0 Å². The molecule has 0 saturated heterocycles. The fraction of sp³-hybridized carbons (Fsp3) is 0.292. The summed E-state index contributed by atoms with van der Waals surface area (Å²) in [6.07, 6.45) is 3.64. The van der Waals surface area contributed by atoms with E-state index in [1.807, 2.05) is 35.9 Å². The minimum Gasteiger partial charge on any atom is -0.345 e. The summed E-state index contributed by atoms with van der Waals surface area (Å²) >= 11 is 0. The number of nitro groups is 1. The Balaban J connectivity index is 1.84. The summed E-state index contributed by atoms with van der Waals surface area (Å²) in [6, 6.07) is 14.9. The Morgan fingerprint density at radius 3 is 2.68 bits per heavy atom. The van der Waals surface area contributed by atoms with Gasteiger partial charge in [-0.05, 0) is 49.2 Å². The van der Waals surface area contributed by atoms with E-state index in [9.17, 15) is 19.3 Å². The third kappa shape index (κ3) is 5.57. The van der Waals surface area contributed by atoms with Gasteiger partial charge in [0.25, 0.3) is 11.6 Å². The number of benzene rings is 2. The van der Waals surface area contributed by atoms with Gasteiger partial charge in [0.1, 0.15) is 5.82 Å². The highest BCUT2D eigenvalue weighted by Crippen LogP contribution is 2.21. The number of carbonyl (C=O) groups excluding carboxylic acids is 1. The van der Waals surface area contributed by atoms with E-state index in [0.717, 1.165) is 24.1 Å². The molecule has 0 aliphatic carbocycles. The number of hydrogen-bond donors (Lipinski definition) is 0. The number of unbranched alkanes of at least 4 members (excludes halogenated alkanes) is 1. The molecule has 0 bridgehead atoms. The van der Waals surface area contributed by atoms with Crippen molar-refractivity contribution in [2.75, 3.05) is 6.54 Å². The SMILES string of the molecule is CCCCN(Cc1cccn1Cc1cccc(F)c1)C(=O)c1ccc(C)c([N+](=O)[O-])c1. The smallest absolute Gasteiger partial charge is 0.273 e. The van der Waals surface area contributed by atoms with Gasteiger partial charge in [-0.2, -0.15) is 0 Å². The molecule has 7 heteroatoms. The van der Waals surface area contributed by atoms with E-state index >= 15 is 0 Å². The van der Waals surface area contributed by atoms with Gasteiger partial charge in [-0.25, -0.2) is 4.39 Å². The minimum absolute atomic E-state index is 0.0595. The van der Waals surface area contributed by atoms with Gasteiger partial charge in [-0.3, -0.25) is 14.9 Å². The lowest BCUT2D eigenvalue weighted by Crippen LogP contribution is -2.32. The normalized spacial score (nSPS) is 10.8. The molecule has 1 amide bonds. The van der Waals surface area contributed by atoms with Crippen LogP contribution in [0.4, 0.5) is 10.1 Å². The topological polar surface area (TPSA) is 68.4 Å². The average Bonchev–Trinajstić information content (AvgIpc) is 3.17. The molecule has 31 heavy (non-hydrogen) atoms. The lowest BCUT2D eigenvalue weighted by atomic mass is 10.1. The molecule has 3 rings (SSSR count). The standard InChI is InChI=1S/C24H26FN3O3/c1-3-4-12-27(24(29)20-11-10-18(2)23(15-20)28(30)31)17-22-9-6-13-26(22)16-19-7-5-8-21(25)14-19/h5-11,13-15H,3-4,12,16-17H2,1-2H3. The Morgan fingerprint density at radius 1 is 1.16 bits per heavy atom. The number of aromatic nitrogens is 1. The third-order valence-electron chi connectivity index (χ3n) is 5.24. The summed E-state index contributed by atoms with van der Waals surface area (Å²) < 4.78 is 15.5. The van der Waals surface area contributed by atoms with Crippen LogP contribution >= 0.6 is 0 Å². The number of hydrogen-bond acceptors (Lipinski definition) is 3. The van der Waals surface area contributed by atoms with Crippen LogP contribution in [0.2, 0.25) is 0 Å². The first-order valence-corrected chi connectivity index (χ1v) is 10.3. The van der Waals surface area contributed by atoms with Crippen LogP contribution in [0.5, 0.6) is 0 Å². The average molecular weight is 423 g/mol. The van der Waals surface area contributed by atoms with Crippen molar-refractivity contribution in [1.29, 1.82) is 0 Å². The van der Waals surface area contributed by atoms with Crippen LogP contribution in [0, 0.1) is 22.9 Å². The van der Waals surface area contributed by atoms with Crippen molar-refractivity contribution in [3.63, 3.8) is 0 Å². The van der Waals surface area contributed by atoms with Gasteiger partial charge in [-0.15, -0.1) is 0 Å². The van der Waals surface area contributed by atoms with E-state index < -0.39 is 4.92 Å². The monoisotopic (exact) mass is 423 g/mol. The van der Waals surface area contributed by atoms with Crippen molar-refractivity contribution in [3.8, 4) is 0 Å². The first-order chi connectivity index (χ1) is 14.9. The highest BCUT2D eigenvalue weighted by atomic mass is 19.1. The predicted molar refractivity (Wildman–Crippen MR) is 117 cm³/mol. The van der Waals surface area contributed by atoms with Crippen molar-refractivity contribution in [2.24, 2.45) is 0 Å². The largest absolute Gasteiger partial charge is 0.345 e. The zero-order valence-electron chi connectivity index (χ0n) is 17.8. The molecule has 0 unspecified atom stereocenters. The second-order valence-electron chi connectivity index (χ2n) is 7.60. The maximum absolute atomic E-state index is 13.5. The summed E-state index contributed by atoms with van der Waals surface area (Å²) in [5.74, 6) is -0.526. The Labute approximate surface area is 181 Å². The van der Waals surface area contributed by atoms with Gasteiger partial charge in [0.15, 0.2) is 0 Å². The third-order valence-corrected chi connectivity index (χ3v) is 5.24. The van der Waals surface area contributed by atoms with Crippen molar-refractivity contribution >= 4 is 11.6 Å². The van der Waals surface area contributed by atoms with Crippen LogP contribution in [0.3, 0.4) is 0 Å². The lowest BCUT2D eigenvalue weighted by molar-refractivity contribution is -0.385. The van der Waals surface area contributed by atoms with Crippen LogP contribution in [0.15, 0.2) is 60.8 Å². The van der Waals surface area contributed by atoms with Crippen molar-refractivity contribution in [3.05, 3.63) is 99.1 Å². The molecule has 0 atom stereocenters. The molecule has 0 N–H and O–H groups in total. The molecule has 0 radical (unpaired) electrons. The number of rotatable bonds is 9. The number of nitrogens with zero attached hydrogens (tertiary/aromatic N) is 3. The van der Waals surface area contributed by atoms with Crippen LogP contribution in [-0.2, 0) is 13.1 Å². The van der Waals surface area contributed by atoms with Gasteiger partial charge in [0.2, 0.25) is 0 Å². The summed E-state index contributed by atoms with van der Waals surface area (Å²) in [7, 11) is 0. The number of amides is 1. The molecule has 1 heterocycles. The fourth-order valence-electron chi connectivity index (χ4n) is 3.50. The van der Waals surface area contributed by atoms with Gasteiger partial charge < -0.3 is 9.47 Å². The Kier molecular flexibility index (Phi) is 7.18. The molecule has 3 aromatic rings. The number of halogens is 1. The summed E-state index contributed by atoms with van der Waals surface area (Å²) in [6.45, 7) is 5.10. The molecular weight excluding hydrogens is 397 g/mol. The first-order valence-electron chi connectivity index (χ1n) is 10.3. The Morgan fingerprint density at radius 2 is 1.97 bits per heavy atom. The maximum Gasteiger partial charge on any atom is 0.273 e. The van der Waals surface area contributed by atoms with Crippen LogP contribution in [-0.4, -0.2) is 26.8 Å². The van der Waals surface area contributed by atoms with E-state index in [1.165, 1.54) is 18.2 Å². The maximum atomic E-state index is 13.5. The zero-order chi connectivity index (χ0) is 22.4. The van der Waals surface area contributed by atoms with E-state index in [0.29, 0.717) is 30.8 Å². The fourth-order valence-corrected chi connectivity index (χ4v) is 3.50. The lowest BCUT2D eigenvalue weighted by Gasteiger charge is -2.24. The second-order valence-corrected chi connectivity index (χ2v) is 7.60. The van der Waals surface area contributed by atoms with Crippen LogP contribution in [0.25, 0.3) is 0 Å². The summed E-state index contributed by atoms with van der Waals surface area (Å²) in [5, 5.41) is 11.3. The predicted octanol–water partition coefficient (Wildman–Crippen LogP) is 5.33. The molecule has 0 aliphatic rings. The van der Waals surface area contributed by atoms with Gasteiger partial charge in [0.05, 0.1) is 11.5 Å². The highest BCUT2D eigenvalue weighted by molar-refractivity contribution is 5.95. The first kappa shape index (κ1) is 22.2. The van der Waals surface area contributed by atoms with Gasteiger partial charge >= 0.3 is 0 Å². The number of carbonyl (C=O) groups is 1. The minimum atomic E-state index is -0.466. The van der Waals surface area contributed by atoms with Crippen LogP contribution in [0.1, 0.15) is 46.9 Å². The van der Waals surface area contributed by atoms with Crippen molar-refractivity contribution in [1.82, 2.24) is 9.47 Å². The Hall–Kier alpha value is -3.48. The molecule has 0 saturated carbocycles. The number of nitro benzene ring substituents is 1. The van der Waals surface area contributed by atoms with E-state index in [2.05, 4.69) is 0 Å². The molecule has 162 valence electrons. The summed E-state index contributed by atoms with van der Waals surface area (Å²) in [5.41, 5.74) is 2.51. The molecule has 0 spiro atoms. The molecular formula is C24H26FN3O3. The quantitative estimate of drug-likeness (QED) is 0.345. The Bertz CT molecular complexity index is 1080. The van der Waals surface area contributed by atoms with Crippen molar-refractivity contribution < 1.29 is 14.1 Å². The van der Waals surface area contributed by atoms with Crippen molar-refractivity contribution in [2.45, 2.75) is 39.8 Å². The van der Waals surface area contributed by atoms with E-state index in [-0.39, 0.29) is 17.4 Å². The molecule has 2 aromatic carbocycles. The molecule has 1 aromatic heterocycles. The summed E-state index contributed by atoms with van der Waals surface area (Å²) in [4.78, 5) is 25.8. The van der Waals surface area contributed by atoms with Crippen LogP contribution < -0.4 is 0 Å². The molecule has 0 aliphatic heterocycles. The molecule has 6 nitrogen and oxygen atoms in total. The van der Waals surface area contributed by atoms with Gasteiger partial charge in [-0.1, -0.05) is 31.5 Å². The zero-order valence-corrected chi connectivity index (χ0v) is 17.8. The van der Waals surface area contributed by atoms with Gasteiger partial charge in [0, 0.05) is 42.2 Å². The second kappa shape index (κ2) is 10.0. The number of aryl methyl sites for hydroxylation is 1. The van der Waals surface area contributed by atoms with E-state index in [4.69, 9.17) is 0 Å².